The summed E-state index contributed by atoms with van der Waals surface area (Å²) in [5.74, 6) is -0.693. The predicted octanol–water partition coefficient (Wildman–Crippen LogP) is 1.96. The van der Waals surface area contributed by atoms with Gasteiger partial charge in [-0.15, -0.1) is 0 Å². The average molecular weight is 405 g/mol. The molecule has 3 aliphatic heterocycles. The molecule has 4 aliphatic rings. The van der Waals surface area contributed by atoms with Crippen molar-refractivity contribution in [1.29, 1.82) is 0 Å². The molecule has 0 aromatic heterocycles. The molecule has 0 spiro atoms. The smallest absolute Gasteiger partial charge is 0.245 e. The second-order valence-electron chi connectivity index (χ2n) is 9.14. The first kappa shape index (κ1) is 20.5. The van der Waals surface area contributed by atoms with E-state index in [4.69, 9.17) is 9.47 Å². The number of hydrogen-bond donors (Lipinski definition) is 0. The summed E-state index contributed by atoms with van der Waals surface area (Å²) in [7, 11) is 0. The molecule has 0 aromatic rings. The van der Waals surface area contributed by atoms with Gasteiger partial charge in [-0.05, 0) is 38.0 Å². The Labute approximate surface area is 172 Å². The number of likely N-dealkylation sites (tertiary alicyclic amines) is 2. The third kappa shape index (κ3) is 3.99. The maximum Gasteiger partial charge on any atom is 0.245 e. The fraction of sp³-hybridized carbons (Fsp3) is 0.773. The van der Waals surface area contributed by atoms with Crippen molar-refractivity contribution >= 4 is 17.7 Å². The minimum atomic E-state index is -0.704. The number of imide groups is 1. The molecule has 3 fully saturated rings. The number of fused-ring (bicyclic) bond motifs is 1. The van der Waals surface area contributed by atoms with Crippen LogP contribution in [0.15, 0.2) is 12.2 Å². The Hall–Kier alpha value is -1.73. The highest BCUT2D eigenvalue weighted by atomic mass is 16.7. The lowest BCUT2D eigenvalue weighted by Gasteiger charge is -2.38. The topological polar surface area (TPSA) is 76.2 Å². The van der Waals surface area contributed by atoms with Crippen LogP contribution in [-0.2, 0) is 23.9 Å². The van der Waals surface area contributed by atoms with Crippen molar-refractivity contribution in [3.63, 3.8) is 0 Å². The minimum Gasteiger partial charge on any atom is -0.350 e. The lowest BCUT2D eigenvalue weighted by Crippen LogP contribution is -2.54. The molecule has 4 unspecified atom stereocenters. The van der Waals surface area contributed by atoms with E-state index in [-0.39, 0.29) is 47.7 Å². The normalized spacial score (nSPS) is 31.6. The first-order valence-electron chi connectivity index (χ1n) is 11.0. The van der Waals surface area contributed by atoms with Crippen molar-refractivity contribution in [2.45, 2.75) is 58.3 Å². The second-order valence-corrected chi connectivity index (χ2v) is 9.14. The van der Waals surface area contributed by atoms with E-state index in [9.17, 15) is 14.4 Å². The summed E-state index contributed by atoms with van der Waals surface area (Å²) in [6, 6.07) is -0.704. The minimum absolute atomic E-state index is 0.102. The third-order valence-corrected chi connectivity index (χ3v) is 6.64. The van der Waals surface area contributed by atoms with Crippen LogP contribution in [0, 0.1) is 23.7 Å². The fourth-order valence-electron chi connectivity index (χ4n) is 5.19. The summed E-state index contributed by atoms with van der Waals surface area (Å²) >= 11 is 0. The molecular weight excluding hydrogens is 372 g/mol. The Balaban J connectivity index is 1.52. The molecule has 7 heteroatoms. The molecule has 0 radical (unpaired) electrons. The Morgan fingerprint density at radius 2 is 1.72 bits per heavy atom. The zero-order valence-corrected chi connectivity index (χ0v) is 17.4. The zero-order chi connectivity index (χ0) is 20.5. The molecule has 3 saturated heterocycles. The van der Waals surface area contributed by atoms with Gasteiger partial charge in [-0.3, -0.25) is 19.3 Å². The van der Waals surface area contributed by atoms with Crippen LogP contribution in [0.3, 0.4) is 0 Å². The molecular formula is C22H32N2O5. The van der Waals surface area contributed by atoms with Gasteiger partial charge in [0.2, 0.25) is 17.7 Å². The van der Waals surface area contributed by atoms with Gasteiger partial charge in [-0.2, -0.15) is 0 Å². The standard InChI is InChI=1S/C22H32N2O5/c1-14(2)12-18(24-19(25)16-7-3-4-8-17(16)20(24)26)21(27)23-9-5-6-15(13-23)22-28-10-11-29-22/h3-4,14-18,22H,5-13H2,1-2H3. The quantitative estimate of drug-likeness (QED) is 0.517. The van der Waals surface area contributed by atoms with Crippen molar-refractivity contribution in [3.8, 4) is 0 Å². The van der Waals surface area contributed by atoms with Crippen LogP contribution in [0.1, 0.15) is 46.0 Å². The molecule has 0 saturated carbocycles. The number of rotatable bonds is 5. The first-order chi connectivity index (χ1) is 14.0. The summed E-state index contributed by atoms with van der Waals surface area (Å²) in [5, 5.41) is 0. The second kappa shape index (κ2) is 8.56. The van der Waals surface area contributed by atoms with Gasteiger partial charge in [0.05, 0.1) is 25.0 Å². The average Bonchev–Trinajstić information content (AvgIpc) is 3.34. The highest BCUT2D eigenvalue weighted by Gasteiger charge is 2.52. The number of carbonyl (C=O) groups excluding carboxylic acids is 3. The van der Waals surface area contributed by atoms with Crippen LogP contribution in [0.5, 0.6) is 0 Å². The van der Waals surface area contributed by atoms with Gasteiger partial charge in [0.25, 0.3) is 0 Å². The van der Waals surface area contributed by atoms with Crippen LogP contribution < -0.4 is 0 Å². The maximum atomic E-state index is 13.6. The van der Waals surface area contributed by atoms with E-state index in [2.05, 4.69) is 0 Å². The predicted molar refractivity (Wildman–Crippen MR) is 105 cm³/mol. The Kier molecular flexibility index (Phi) is 6.06. The van der Waals surface area contributed by atoms with Gasteiger partial charge in [-0.1, -0.05) is 26.0 Å². The summed E-state index contributed by atoms with van der Waals surface area (Å²) in [5.41, 5.74) is 0. The van der Waals surface area contributed by atoms with E-state index in [0.717, 1.165) is 12.8 Å². The van der Waals surface area contributed by atoms with Gasteiger partial charge in [0.15, 0.2) is 6.29 Å². The Morgan fingerprint density at radius 1 is 1.10 bits per heavy atom. The lowest BCUT2D eigenvalue weighted by molar-refractivity contribution is -0.155. The van der Waals surface area contributed by atoms with Gasteiger partial charge in [0.1, 0.15) is 6.04 Å². The van der Waals surface area contributed by atoms with Gasteiger partial charge >= 0.3 is 0 Å². The van der Waals surface area contributed by atoms with Gasteiger partial charge < -0.3 is 14.4 Å². The molecule has 0 bridgehead atoms. The van der Waals surface area contributed by atoms with E-state index in [1.54, 1.807) is 0 Å². The van der Waals surface area contributed by atoms with Crippen LogP contribution in [0.4, 0.5) is 0 Å². The Morgan fingerprint density at radius 3 is 2.31 bits per heavy atom. The van der Waals surface area contributed by atoms with E-state index < -0.39 is 6.04 Å². The molecule has 160 valence electrons. The van der Waals surface area contributed by atoms with E-state index in [1.807, 2.05) is 30.9 Å². The van der Waals surface area contributed by atoms with Crippen LogP contribution in [0.2, 0.25) is 0 Å². The Bertz CT molecular complexity index is 659. The van der Waals surface area contributed by atoms with Crippen molar-refractivity contribution in [2.24, 2.45) is 23.7 Å². The SMILES string of the molecule is CC(C)CC(C(=O)N1CCCC(C2OCCO2)C1)N1C(=O)C2CC=CCC2C1=O. The number of nitrogens with zero attached hydrogens (tertiary/aromatic N) is 2. The van der Waals surface area contributed by atoms with Crippen molar-refractivity contribution in [2.75, 3.05) is 26.3 Å². The van der Waals surface area contributed by atoms with Crippen molar-refractivity contribution < 1.29 is 23.9 Å². The third-order valence-electron chi connectivity index (χ3n) is 6.64. The van der Waals surface area contributed by atoms with Crippen LogP contribution in [0.25, 0.3) is 0 Å². The zero-order valence-electron chi connectivity index (χ0n) is 17.4. The number of carbonyl (C=O) groups is 3. The highest BCUT2D eigenvalue weighted by Crippen LogP contribution is 2.37. The van der Waals surface area contributed by atoms with E-state index >= 15 is 0 Å². The molecule has 0 aromatic carbocycles. The van der Waals surface area contributed by atoms with Crippen LogP contribution in [-0.4, -0.2) is 66.2 Å². The number of ether oxygens (including phenoxy) is 2. The van der Waals surface area contributed by atoms with Crippen LogP contribution >= 0.6 is 0 Å². The maximum absolute atomic E-state index is 13.6. The number of piperidine rings is 1. The summed E-state index contributed by atoms with van der Waals surface area (Å²) in [4.78, 5) is 42.9. The van der Waals surface area contributed by atoms with Crippen molar-refractivity contribution in [3.05, 3.63) is 12.2 Å². The molecule has 4 atom stereocenters. The largest absolute Gasteiger partial charge is 0.350 e. The van der Waals surface area contributed by atoms with Gasteiger partial charge in [0, 0.05) is 19.0 Å². The molecule has 7 nitrogen and oxygen atoms in total. The van der Waals surface area contributed by atoms with E-state index in [0.29, 0.717) is 45.6 Å². The van der Waals surface area contributed by atoms with Gasteiger partial charge in [-0.25, -0.2) is 0 Å². The summed E-state index contributed by atoms with van der Waals surface area (Å²) in [6.45, 7) is 6.46. The number of allylic oxidation sites excluding steroid dienone is 2. The van der Waals surface area contributed by atoms with Crippen molar-refractivity contribution in [1.82, 2.24) is 9.80 Å². The molecule has 3 heterocycles. The van der Waals surface area contributed by atoms with E-state index in [1.165, 1.54) is 4.90 Å². The molecule has 0 N–H and O–H groups in total. The molecule has 1 aliphatic carbocycles. The fourth-order valence-corrected chi connectivity index (χ4v) is 5.19. The number of amides is 3. The molecule has 3 amide bonds. The lowest BCUT2D eigenvalue weighted by atomic mass is 9.85. The summed E-state index contributed by atoms with van der Waals surface area (Å²) < 4.78 is 11.3. The molecule has 29 heavy (non-hydrogen) atoms. The monoisotopic (exact) mass is 404 g/mol. The first-order valence-corrected chi connectivity index (χ1v) is 11.0. The summed E-state index contributed by atoms with van der Waals surface area (Å²) in [6.07, 6.45) is 7.23. The number of hydrogen-bond acceptors (Lipinski definition) is 5. The molecule has 4 rings (SSSR count). The highest BCUT2D eigenvalue weighted by molar-refractivity contribution is 6.08.